The van der Waals surface area contributed by atoms with Gasteiger partial charge < -0.3 is 10.1 Å². The fourth-order valence-electron chi connectivity index (χ4n) is 2.43. The molecular weight excluding hydrogens is 374 g/mol. The highest BCUT2D eigenvalue weighted by molar-refractivity contribution is 7.85. The van der Waals surface area contributed by atoms with E-state index < -0.39 is 10.8 Å². The topological polar surface area (TPSA) is 81.2 Å². The Hall–Kier alpha value is -3.06. The van der Waals surface area contributed by atoms with Crippen LogP contribution in [0.4, 0.5) is 5.82 Å². The second-order valence-electron chi connectivity index (χ2n) is 6.32. The molecule has 6 nitrogen and oxygen atoms in total. The molecule has 0 unspecified atom stereocenters. The third kappa shape index (κ3) is 5.01. The summed E-state index contributed by atoms with van der Waals surface area (Å²) in [6, 6.07) is 14.0. The average Bonchev–Trinajstić information content (AvgIpc) is 2.73. The van der Waals surface area contributed by atoms with E-state index in [1.54, 1.807) is 55.0 Å². The van der Waals surface area contributed by atoms with Gasteiger partial charge in [0.15, 0.2) is 11.6 Å². The van der Waals surface area contributed by atoms with Gasteiger partial charge in [-0.3, -0.25) is 14.0 Å². The Morgan fingerprint density at radius 2 is 1.79 bits per heavy atom. The molecule has 2 aromatic heterocycles. The number of carbonyl (C=O) groups excluding carboxylic acids is 1. The monoisotopic (exact) mass is 395 g/mol. The highest BCUT2D eigenvalue weighted by atomic mass is 32.2. The van der Waals surface area contributed by atoms with E-state index in [1.807, 2.05) is 26.0 Å². The predicted molar refractivity (Wildman–Crippen MR) is 109 cm³/mol. The number of hydrogen-bond donors (Lipinski definition) is 1. The maximum atomic E-state index is 12.6. The second kappa shape index (κ2) is 9.23. The molecule has 1 aromatic carbocycles. The standard InChI is InChI=1S/C21H21N3O3S/c1-15(2)28(26)18-7-5-17(6-8-18)21(25)24-20-19(4-3-11-23-20)27-14-16-9-12-22-13-10-16/h3-13,15H,14H2,1-2H3,(H,23,24,25)/t28-/m1/s1. The van der Waals surface area contributed by atoms with Crippen molar-refractivity contribution in [2.24, 2.45) is 0 Å². The first kappa shape index (κ1) is 19.7. The smallest absolute Gasteiger partial charge is 0.256 e. The van der Waals surface area contributed by atoms with Crippen LogP contribution in [0, 0.1) is 0 Å². The molecule has 0 aliphatic carbocycles. The van der Waals surface area contributed by atoms with Gasteiger partial charge in [-0.25, -0.2) is 4.98 Å². The molecule has 7 heteroatoms. The molecule has 3 aromatic rings. The van der Waals surface area contributed by atoms with Crippen LogP contribution in [0.2, 0.25) is 0 Å². The summed E-state index contributed by atoms with van der Waals surface area (Å²) >= 11 is 0. The van der Waals surface area contributed by atoms with Gasteiger partial charge in [-0.2, -0.15) is 0 Å². The van der Waals surface area contributed by atoms with E-state index in [1.165, 1.54) is 0 Å². The van der Waals surface area contributed by atoms with Gasteiger partial charge in [-0.15, -0.1) is 0 Å². The van der Waals surface area contributed by atoms with E-state index in [4.69, 9.17) is 4.74 Å². The molecule has 1 N–H and O–H groups in total. The zero-order chi connectivity index (χ0) is 19.9. The van der Waals surface area contributed by atoms with Crippen LogP contribution >= 0.6 is 0 Å². The fourth-order valence-corrected chi connectivity index (χ4v) is 3.38. The third-order valence-corrected chi connectivity index (χ3v) is 5.52. The Balaban J connectivity index is 1.69. The number of ether oxygens (including phenoxy) is 1. The number of anilines is 1. The molecule has 0 saturated heterocycles. The van der Waals surface area contributed by atoms with Crippen LogP contribution < -0.4 is 10.1 Å². The molecule has 0 aliphatic rings. The molecule has 3 rings (SSSR count). The minimum Gasteiger partial charge on any atom is -0.485 e. The van der Waals surface area contributed by atoms with Crippen LogP contribution in [-0.2, 0) is 17.4 Å². The number of nitrogens with one attached hydrogen (secondary N) is 1. The quantitative estimate of drug-likeness (QED) is 0.658. The number of hydrogen-bond acceptors (Lipinski definition) is 5. The normalized spacial score (nSPS) is 11.8. The van der Waals surface area contributed by atoms with Crippen molar-refractivity contribution in [2.45, 2.75) is 30.6 Å². The van der Waals surface area contributed by atoms with E-state index in [-0.39, 0.29) is 11.2 Å². The molecule has 0 fully saturated rings. The van der Waals surface area contributed by atoms with Crippen molar-refractivity contribution in [3.63, 3.8) is 0 Å². The molecule has 28 heavy (non-hydrogen) atoms. The first-order valence-electron chi connectivity index (χ1n) is 8.83. The lowest BCUT2D eigenvalue weighted by molar-refractivity contribution is 0.102. The van der Waals surface area contributed by atoms with Crippen LogP contribution in [0.5, 0.6) is 5.75 Å². The van der Waals surface area contributed by atoms with Crippen molar-refractivity contribution in [3.8, 4) is 5.75 Å². The third-order valence-electron chi connectivity index (χ3n) is 3.92. The zero-order valence-electron chi connectivity index (χ0n) is 15.7. The Morgan fingerprint density at radius 3 is 2.46 bits per heavy atom. The molecule has 2 heterocycles. The summed E-state index contributed by atoms with van der Waals surface area (Å²) in [6.45, 7) is 4.13. The van der Waals surface area contributed by atoms with Crippen LogP contribution in [0.3, 0.4) is 0 Å². The van der Waals surface area contributed by atoms with Gasteiger partial charge in [-0.1, -0.05) is 13.8 Å². The molecule has 0 radical (unpaired) electrons. The maximum absolute atomic E-state index is 12.6. The van der Waals surface area contributed by atoms with Gasteiger partial charge in [0.05, 0.1) is 10.8 Å². The summed E-state index contributed by atoms with van der Waals surface area (Å²) in [4.78, 5) is 21.4. The molecule has 1 amide bonds. The molecule has 0 spiro atoms. The Morgan fingerprint density at radius 1 is 1.07 bits per heavy atom. The van der Waals surface area contributed by atoms with E-state index in [0.717, 1.165) is 5.56 Å². The van der Waals surface area contributed by atoms with E-state index >= 15 is 0 Å². The Bertz CT molecular complexity index is 960. The summed E-state index contributed by atoms with van der Waals surface area (Å²) in [5, 5.41) is 2.79. The zero-order valence-corrected chi connectivity index (χ0v) is 16.5. The maximum Gasteiger partial charge on any atom is 0.256 e. The number of aromatic nitrogens is 2. The number of carbonyl (C=O) groups is 1. The summed E-state index contributed by atoms with van der Waals surface area (Å²) in [7, 11) is -1.09. The fraction of sp³-hybridized carbons (Fsp3) is 0.190. The number of benzene rings is 1. The van der Waals surface area contributed by atoms with Crippen molar-refractivity contribution in [2.75, 3.05) is 5.32 Å². The Labute approximate surface area is 166 Å². The predicted octanol–water partition coefficient (Wildman–Crippen LogP) is 3.82. The number of rotatable bonds is 7. The van der Waals surface area contributed by atoms with Crippen LogP contribution in [0.25, 0.3) is 0 Å². The molecule has 1 atom stereocenters. The largest absolute Gasteiger partial charge is 0.485 e. The van der Waals surface area contributed by atoms with Gasteiger partial charge in [0.2, 0.25) is 0 Å². The first-order chi connectivity index (χ1) is 13.5. The van der Waals surface area contributed by atoms with Crippen LogP contribution in [-0.4, -0.2) is 25.3 Å². The lowest BCUT2D eigenvalue weighted by Gasteiger charge is -2.12. The van der Waals surface area contributed by atoms with Gasteiger partial charge >= 0.3 is 0 Å². The summed E-state index contributed by atoms with van der Waals surface area (Å²) in [5.41, 5.74) is 1.42. The average molecular weight is 395 g/mol. The second-order valence-corrected chi connectivity index (χ2v) is 8.33. The highest BCUT2D eigenvalue weighted by Crippen LogP contribution is 2.23. The van der Waals surface area contributed by atoms with Crippen molar-refractivity contribution in [1.82, 2.24) is 9.97 Å². The summed E-state index contributed by atoms with van der Waals surface area (Å²) in [6.07, 6.45) is 4.98. The van der Waals surface area contributed by atoms with Crippen molar-refractivity contribution < 1.29 is 13.7 Å². The van der Waals surface area contributed by atoms with Crippen LogP contribution in [0.15, 0.2) is 72.0 Å². The molecule has 0 bridgehead atoms. The first-order valence-corrected chi connectivity index (χ1v) is 10.0. The van der Waals surface area contributed by atoms with Crippen molar-refractivity contribution in [3.05, 3.63) is 78.2 Å². The van der Waals surface area contributed by atoms with Gasteiger partial charge in [0, 0.05) is 34.3 Å². The molecule has 0 aliphatic heterocycles. The Kier molecular flexibility index (Phi) is 6.49. The van der Waals surface area contributed by atoms with E-state index in [9.17, 15) is 9.00 Å². The number of nitrogens with zero attached hydrogens (tertiary/aromatic N) is 2. The lowest BCUT2D eigenvalue weighted by atomic mass is 10.2. The minimum absolute atomic E-state index is 0.0216. The van der Waals surface area contributed by atoms with E-state index in [2.05, 4.69) is 15.3 Å². The number of amides is 1. The summed E-state index contributed by atoms with van der Waals surface area (Å²) in [5.74, 6) is 0.510. The highest BCUT2D eigenvalue weighted by Gasteiger charge is 2.13. The van der Waals surface area contributed by atoms with Gasteiger partial charge in [-0.05, 0) is 54.1 Å². The number of pyridine rings is 2. The minimum atomic E-state index is -1.09. The molecule has 0 saturated carbocycles. The lowest BCUT2D eigenvalue weighted by Crippen LogP contribution is -2.14. The summed E-state index contributed by atoms with van der Waals surface area (Å²) < 4.78 is 17.9. The molecular formula is C21H21N3O3S. The van der Waals surface area contributed by atoms with E-state index in [0.29, 0.717) is 28.6 Å². The van der Waals surface area contributed by atoms with Gasteiger partial charge in [0.1, 0.15) is 6.61 Å². The van der Waals surface area contributed by atoms with Crippen LogP contribution in [0.1, 0.15) is 29.8 Å². The SMILES string of the molecule is CC(C)[S@@](=O)c1ccc(C(=O)Nc2ncccc2OCc2ccncc2)cc1. The van der Waals surface area contributed by atoms with Gasteiger partial charge in [0.25, 0.3) is 5.91 Å². The van der Waals surface area contributed by atoms with Crippen molar-refractivity contribution in [1.29, 1.82) is 0 Å². The van der Waals surface area contributed by atoms with Crippen molar-refractivity contribution >= 4 is 22.5 Å². The molecule has 144 valence electrons.